The van der Waals surface area contributed by atoms with Crippen LogP contribution in [0.25, 0.3) is 11.0 Å². The first-order valence-corrected chi connectivity index (χ1v) is 6.18. The normalized spacial score (nSPS) is 9.05. The Morgan fingerprint density at radius 3 is 2.14 bits per heavy atom. The van der Waals surface area contributed by atoms with Crippen LogP contribution < -0.4 is 69.3 Å². The Morgan fingerprint density at radius 2 is 1.64 bits per heavy atom. The number of fused-ring (bicyclic) bond motifs is 1. The van der Waals surface area contributed by atoms with Crippen LogP contribution in [0.15, 0.2) is 33.5 Å². The number of hydrogen-bond acceptors (Lipinski definition) is 4. The van der Waals surface area contributed by atoms with E-state index in [1.807, 2.05) is 0 Å². The van der Waals surface area contributed by atoms with E-state index in [4.69, 9.17) is 14.2 Å². The van der Waals surface area contributed by atoms with Gasteiger partial charge in [0.05, 0.1) is 0 Å². The second-order valence-corrected chi connectivity index (χ2v) is 4.65. The molecule has 8 N–H and O–H groups in total. The van der Waals surface area contributed by atoms with Gasteiger partial charge in [0.25, 0.3) is 0 Å². The maximum Gasteiger partial charge on any atom is 1.00 e. The number of hydrogen-bond donors (Lipinski definition) is 2. The minimum Gasteiger partial charge on any atom is -0.423 e. The van der Waals surface area contributed by atoms with Crippen molar-refractivity contribution in [2.45, 2.75) is 6.92 Å². The van der Waals surface area contributed by atoms with Gasteiger partial charge in [-0.2, -0.15) is 0 Å². The van der Waals surface area contributed by atoms with Gasteiger partial charge in [-0.3, -0.25) is 9.79 Å². The third kappa shape index (κ3) is 8.21. The van der Waals surface area contributed by atoms with Crippen LogP contribution >= 0.6 is 7.82 Å². The maximum atomic E-state index is 11.1. The molecule has 0 spiro atoms. The summed E-state index contributed by atoms with van der Waals surface area (Å²) in [5, 5.41) is 0.683. The maximum absolute atomic E-state index is 11.1. The number of rotatable bonds is 2. The van der Waals surface area contributed by atoms with Crippen molar-refractivity contribution in [2.24, 2.45) is 0 Å². The molecular formula is C10H15Na2O9P+2. The van der Waals surface area contributed by atoms with E-state index in [1.54, 1.807) is 13.0 Å². The van der Waals surface area contributed by atoms with Gasteiger partial charge in [0, 0.05) is 17.5 Å². The summed E-state index contributed by atoms with van der Waals surface area (Å²) in [5.74, 6) is -0.0559. The standard InChI is InChI=1S/C10H9O6P.2Na.3H2O/c1-6-4-10(11)15-9-5-7(2-3-8(6)9)16-17(12,13)14;;;;;/h2-5H,1H3,(H2,12,13,14);;;3*1H2/q;2*+1;;;. The van der Waals surface area contributed by atoms with E-state index in [1.165, 1.54) is 18.2 Å². The first-order chi connectivity index (χ1) is 7.85. The van der Waals surface area contributed by atoms with Crippen molar-refractivity contribution in [3.05, 3.63) is 40.2 Å². The average molecular weight is 356 g/mol. The molecule has 0 fully saturated rings. The third-order valence-electron chi connectivity index (χ3n) is 2.15. The van der Waals surface area contributed by atoms with E-state index in [0.717, 1.165) is 5.56 Å². The van der Waals surface area contributed by atoms with Gasteiger partial charge in [-0.05, 0) is 24.6 Å². The van der Waals surface area contributed by atoms with E-state index in [2.05, 4.69) is 4.52 Å². The van der Waals surface area contributed by atoms with E-state index < -0.39 is 13.4 Å². The Balaban J connectivity index is -0.000000324. The molecule has 0 amide bonds. The molecule has 0 aliphatic rings. The molecule has 1 aromatic carbocycles. The quantitative estimate of drug-likeness (QED) is 0.305. The van der Waals surface area contributed by atoms with Crippen molar-refractivity contribution in [3.8, 4) is 5.75 Å². The molecule has 0 saturated heterocycles. The molecule has 0 aliphatic heterocycles. The predicted molar refractivity (Wildman–Crippen MR) is 70.7 cm³/mol. The van der Waals surface area contributed by atoms with Crippen LogP contribution in [0.3, 0.4) is 0 Å². The zero-order valence-corrected chi connectivity index (χ0v) is 17.2. The van der Waals surface area contributed by atoms with E-state index in [0.29, 0.717) is 5.39 Å². The fourth-order valence-corrected chi connectivity index (χ4v) is 1.89. The predicted octanol–water partition coefficient (Wildman–Crippen LogP) is -6.89. The van der Waals surface area contributed by atoms with Crippen molar-refractivity contribution in [1.29, 1.82) is 0 Å². The molecular weight excluding hydrogens is 341 g/mol. The Morgan fingerprint density at radius 1 is 1.09 bits per heavy atom. The number of phosphoric acid groups is 1. The van der Waals surface area contributed by atoms with Crippen molar-refractivity contribution in [2.75, 3.05) is 0 Å². The van der Waals surface area contributed by atoms with Gasteiger partial charge < -0.3 is 25.4 Å². The molecule has 0 aliphatic carbocycles. The SMILES string of the molecule is Cc1cc(=O)oc2cc(OP(=O)(O)O)ccc12.O.O.O.[Na+].[Na+]. The van der Waals surface area contributed by atoms with Gasteiger partial charge in [-0.15, -0.1) is 0 Å². The molecule has 1 heterocycles. The summed E-state index contributed by atoms with van der Waals surface area (Å²) in [6.45, 7) is 1.74. The van der Waals surface area contributed by atoms with E-state index in [9.17, 15) is 9.36 Å². The second-order valence-electron chi connectivity index (χ2n) is 3.49. The van der Waals surface area contributed by atoms with Crippen molar-refractivity contribution >= 4 is 18.8 Å². The van der Waals surface area contributed by atoms with Crippen LogP contribution in [-0.2, 0) is 4.57 Å². The van der Waals surface area contributed by atoms with Crippen molar-refractivity contribution in [1.82, 2.24) is 0 Å². The molecule has 12 heteroatoms. The summed E-state index contributed by atoms with van der Waals surface area (Å²) in [4.78, 5) is 28.4. The summed E-state index contributed by atoms with van der Waals surface area (Å²) in [5.41, 5.74) is 0.420. The van der Waals surface area contributed by atoms with E-state index in [-0.39, 0.29) is 86.9 Å². The summed E-state index contributed by atoms with van der Waals surface area (Å²) in [7, 11) is -4.61. The van der Waals surface area contributed by atoms with E-state index >= 15 is 0 Å². The molecule has 0 atom stereocenters. The van der Waals surface area contributed by atoms with Gasteiger partial charge in [0.15, 0.2) is 0 Å². The first kappa shape index (κ1) is 30.2. The molecule has 0 bridgehead atoms. The van der Waals surface area contributed by atoms with Gasteiger partial charge in [0.2, 0.25) is 0 Å². The molecule has 0 saturated carbocycles. The molecule has 114 valence electrons. The Bertz CT molecular complexity index is 682. The first-order valence-electron chi connectivity index (χ1n) is 4.65. The summed E-state index contributed by atoms with van der Waals surface area (Å²) >= 11 is 0. The Kier molecular flexibility index (Phi) is 16.1. The monoisotopic (exact) mass is 356 g/mol. The molecule has 0 unspecified atom stereocenters. The van der Waals surface area contributed by atoms with Gasteiger partial charge in [0.1, 0.15) is 11.3 Å². The molecule has 1 aromatic heterocycles. The average Bonchev–Trinajstić information content (AvgIpc) is 2.13. The van der Waals surface area contributed by atoms with Crippen LogP contribution in [0.4, 0.5) is 0 Å². The number of aryl methyl sites for hydroxylation is 1. The van der Waals surface area contributed by atoms with Crippen LogP contribution in [-0.4, -0.2) is 26.2 Å². The van der Waals surface area contributed by atoms with Gasteiger partial charge in [-0.1, -0.05) is 0 Å². The third-order valence-corrected chi connectivity index (χ3v) is 2.60. The molecule has 9 nitrogen and oxygen atoms in total. The zero-order valence-electron chi connectivity index (χ0n) is 12.3. The fourth-order valence-electron chi connectivity index (χ4n) is 1.50. The largest absolute Gasteiger partial charge is 1.00 e. The zero-order chi connectivity index (χ0) is 12.6. The van der Waals surface area contributed by atoms with Crippen LogP contribution in [0, 0.1) is 6.92 Å². The fraction of sp³-hybridized carbons (Fsp3) is 0.100. The Labute approximate surface area is 169 Å². The minimum absolute atomic E-state index is 0. The minimum atomic E-state index is -4.61. The Hall–Kier alpha value is 0.260. The number of phosphoric ester groups is 1. The topological polar surface area (TPSA) is 191 Å². The van der Waals surface area contributed by atoms with Crippen molar-refractivity contribution < 1.29 is 98.8 Å². The molecule has 2 aromatic rings. The van der Waals surface area contributed by atoms with Crippen molar-refractivity contribution in [3.63, 3.8) is 0 Å². The molecule has 2 rings (SSSR count). The summed E-state index contributed by atoms with van der Waals surface area (Å²) in [6.07, 6.45) is 0. The smallest absolute Gasteiger partial charge is 0.423 e. The molecule has 0 radical (unpaired) electrons. The van der Waals surface area contributed by atoms with Gasteiger partial charge >= 0.3 is 72.6 Å². The van der Waals surface area contributed by atoms with Crippen LogP contribution in [0.1, 0.15) is 5.56 Å². The summed E-state index contributed by atoms with van der Waals surface area (Å²) in [6, 6.07) is 5.57. The van der Waals surface area contributed by atoms with Gasteiger partial charge in [-0.25, -0.2) is 9.36 Å². The molecule has 22 heavy (non-hydrogen) atoms. The number of benzene rings is 1. The van der Waals surface area contributed by atoms with Crippen LogP contribution in [0.5, 0.6) is 5.75 Å². The van der Waals surface area contributed by atoms with Crippen LogP contribution in [0.2, 0.25) is 0 Å². The second kappa shape index (κ2) is 11.7. The summed E-state index contributed by atoms with van der Waals surface area (Å²) < 4.78 is 20.0.